The van der Waals surface area contributed by atoms with Gasteiger partial charge in [0.15, 0.2) is 0 Å². The highest BCUT2D eigenvalue weighted by molar-refractivity contribution is 5.08. The molecule has 0 aromatic heterocycles. The summed E-state index contributed by atoms with van der Waals surface area (Å²) in [5, 5.41) is 0. The predicted octanol–water partition coefficient (Wildman–Crippen LogP) is 1.83. The molecule has 2 saturated heterocycles. The Balaban J connectivity index is 2.14. The van der Waals surface area contributed by atoms with Gasteiger partial charge in [-0.2, -0.15) is 0 Å². The standard InChI is InChI=1S/C9H16FN/c1-7(2)9-3-4-11(9)6-8(10)5-9/h7-8H,3-6H2,1-2H3. The van der Waals surface area contributed by atoms with Crippen LogP contribution in [-0.2, 0) is 0 Å². The lowest BCUT2D eigenvalue weighted by Gasteiger charge is -2.51. The molecule has 2 heterocycles. The first-order valence-electron chi connectivity index (χ1n) is 4.54. The number of halogens is 1. The van der Waals surface area contributed by atoms with Crippen LogP contribution in [0.2, 0.25) is 0 Å². The molecule has 0 aromatic rings. The summed E-state index contributed by atoms with van der Waals surface area (Å²) in [5.74, 6) is 0.622. The van der Waals surface area contributed by atoms with E-state index in [1.807, 2.05) is 0 Å². The van der Waals surface area contributed by atoms with Crippen LogP contribution >= 0.6 is 0 Å². The summed E-state index contributed by atoms with van der Waals surface area (Å²) in [6.07, 6.45) is 1.44. The summed E-state index contributed by atoms with van der Waals surface area (Å²) in [6.45, 7) is 6.24. The molecule has 0 saturated carbocycles. The van der Waals surface area contributed by atoms with Crippen LogP contribution in [-0.4, -0.2) is 29.7 Å². The van der Waals surface area contributed by atoms with Crippen molar-refractivity contribution in [1.29, 1.82) is 0 Å². The Labute approximate surface area is 67.6 Å². The van der Waals surface area contributed by atoms with E-state index in [9.17, 15) is 4.39 Å². The van der Waals surface area contributed by atoms with Crippen molar-refractivity contribution in [1.82, 2.24) is 4.90 Å². The third-order valence-electron chi connectivity index (χ3n) is 3.51. The number of alkyl halides is 1. The fourth-order valence-corrected chi connectivity index (χ4v) is 2.64. The van der Waals surface area contributed by atoms with Crippen LogP contribution < -0.4 is 0 Å². The van der Waals surface area contributed by atoms with E-state index in [-0.39, 0.29) is 5.54 Å². The van der Waals surface area contributed by atoms with Crippen LogP contribution in [0.3, 0.4) is 0 Å². The Morgan fingerprint density at radius 3 is 2.55 bits per heavy atom. The van der Waals surface area contributed by atoms with Gasteiger partial charge in [0.25, 0.3) is 0 Å². The Hall–Kier alpha value is -0.110. The van der Waals surface area contributed by atoms with E-state index >= 15 is 0 Å². The first kappa shape index (κ1) is 7.53. The van der Waals surface area contributed by atoms with Crippen LogP contribution in [0.15, 0.2) is 0 Å². The van der Waals surface area contributed by atoms with E-state index in [2.05, 4.69) is 18.7 Å². The van der Waals surface area contributed by atoms with Gasteiger partial charge in [0, 0.05) is 18.6 Å². The smallest absolute Gasteiger partial charge is 0.115 e. The third-order valence-corrected chi connectivity index (χ3v) is 3.51. The molecule has 2 fully saturated rings. The van der Waals surface area contributed by atoms with Crippen molar-refractivity contribution in [3.8, 4) is 0 Å². The number of fused-ring (bicyclic) bond motifs is 1. The van der Waals surface area contributed by atoms with E-state index < -0.39 is 6.17 Å². The SMILES string of the molecule is CC(C)C12CCN1CC(F)C2. The van der Waals surface area contributed by atoms with Crippen molar-refractivity contribution in [3.05, 3.63) is 0 Å². The Morgan fingerprint density at radius 1 is 1.55 bits per heavy atom. The fourth-order valence-electron chi connectivity index (χ4n) is 2.64. The summed E-state index contributed by atoms with van der Waals surface area (Å²) in [4.78, 5) is 2.32. The maximum Gasteiger partial charge on any atom is 0.115 e. The van der Waals surface area contributed by atoms with Crippen molar-refractivity contribution in [2.24, 2.45) is 5.92 Å². The Bertz CT molecular complexity index is 169. The van der Waals surface area contributed by atoms with Gasteiger partial charge in [-0.3, -0.25) is 4.90 Å². The zero-order valence-corrected chi connectivity index (χ0v) is 7.31. The van der Waals surface area contributed by atoms with Gasteiger partial charge in [0.05, 0.1) is 0 Å². The second-order valence-corrected chi connectivity index (χ2v) is 4.26. The molecule has 0 radical (unpaired) electrons. The van der Waals surface area contributed by atoms with Gasteiger partial charge in [-0.25, -0.2) is 4.39 Å². The molecule has 2 heteroatoms. The minimum absolute atomic E-state index is 0.263. The van der Waals surface area contributed by atoms with Crippen LogP contribution in [0.25, 0.3) is 0 Å². The molecule has 11 heavy (non-hydrogen) atoms. The van der Waals surface area contributed by atoms with E-state index in [0.717, 1.165) is 13.0 Å². The monoisotopic (exact) mass is 157 g/mol. The lowest BCUT2D eigenvalue weighted by atomic mass is 9.75. The summed E-state index contributed by atoms with van der Waals surface area (Å²) in [7, 11) is 0. The first-order chi connectivity index (χ1) is 5.15. The van der Waals surface area contributed by atoms with Gasteiger partial charge in [-0.05, 0) is 18.8 Å². The van der Waals surface area contributed by atoms with Crippen molar-refractivity contribution in [2.45, 2.75) is 38.4 Å². The van der Waals surface area contributed by atoms with Crippen LogP contribution in [0.4, 0.5) is 4.39 Å². The molecule has 64 valence electrons. The van der Waals surface area contributed by atoms with Crippen LogP contribution in [0, 0.1) is 5.92 Å². The van der Waals surface area contributed by atoms with Crippen LogP contribution in [0.5, 0.6) is 0 Å². The molecule has 2 aliphatic heterocycles. The van der Waals surface area contributed by atoms with E-state index in [1.54, 1.807) is 0 Å². The minimum Gasteiger partial charge on any atom is -0.294 e. The van der Waals surface area contributed by atoms with E-state index in [0.29, 0.717) is 12.5 Å². The average molecular weight is 157 g/mol. The molecule has 2 aliphatic rings. The first-order valence-corrected chi connectivity index (χ1v) is 4.54. The number of rotatable bonds is 1. The van der Waals surface area contributed by atoms with E-state index in [4.69, 9.17) is 0 Å². The molecule has 2 unspecified atom stereocenters. The molecule has 2 atom stereocenters. The normalized spacial score (nSPS) is 44.2. The van der Waals surface area contributed by atoms with Crippen molar-refractivity contribution >= 4 is 0 Å². The number of hydrogen-bond acceptors (Lipinski definition) is 1. The van der Waals surface area contributed by atoms with Gasteiger partial charge < -0.3 is 0 Å². The molecule has 0 amide bonds. The van der Waals surface area contributed by atoms with Crippen LogP contribution in [0.1, 0.15) is 26.7 Å². The van der Waals surface area contributed by atoms with E-state index in [1.165, 1.54) is 6.42 Å². The maximum atomic E-state index is 13.0. The van der Waals surface area contributed by atoms with Gasteiger partial charge in [0.1, 0.15) is 6.17 Å². The quantitative estimate of drug-likeness (QED) is 0.561. The van der Waals surface area contributed by atoms with Crippen molar-refractivity contribution < 1.29 is 4.39 Å². The largest absolute Gasteiger partial charge is 0.294 e. The zero-order valence-electron chi connectivity index (χ0n) is 7.31. The molecule has 0 aliphatic carbocycles. The van der Waals surface area contributed by atoms with Gasteiger partial charge in [0.2, 0.25) is 0 Å². The molecular formula is C9H16FN. The topological polar surface area (TPSA) is 3.24 Å². The summed E-state index contributed by atoms with van der Waals surface area (Å²) < 4.78 is 13.0. The lowest BCUT2D eigenvalue weighted by molar-refractivity contribution is -0.0116. The van der Waals surface area contributed by atoms with Crippen molar-refractivity contribution in [2.75, 3.05) is 13.1 Å². The van der Waals surface area contributed by atoms with Crippen molar-refractivity contribution in [3.63, 3.8) is 0 Å². The fraction of sp³-hybridized carbons (Fsp3) is 1.00. The molecule has 2 rings (SSSR count). The summed E-state index contributed by atoms with van der Waals surface area (Å²) in [5.41, 5.74) is 0.263. The Morgan fingerprint density at radius 2 is 2.27 bits per heavy atom. The number of hydrogen-bond donors (Lipinski definition) is 0. The second kappa shape index (κ2) is 2.19. The lowest BCUT2D eigenvalue weighted by Crippen LogP contribution is -2.58. The maximum absolute atomic E-state index is 13.0. The third kappa shape index (κ3) is 0.851. The zero-order chi connectivity index (χ0) is 8.06. The highest BCUT2D eigenvalue weighted by atomic mass is 19.1. The minimum atomic E-state index is -0.556. The summed E-state index contributed by atoms with van der Waals surface area (Å²) >= 11 is 0. The Kier molecular flexibility index (Phi) is 1.50. The predicted molar refractivity (Wildman–Crippen MR) is 43.3 cm³/mol. The molecule has 0 aromatic carbocycles. The van der Waals surface area contributed by atoms with Gasteiger partial charge in [-0.15, -0.1) is 0 Å². The van der Waals surface area contributed by atoms with Gasteiger partial charge in [-0.1, -0.05) is 13.8 Å². The van der Waals surface area contributed by atoms with Gasteiger partial charge >= 0.3 is 0 Å². The highest BCUT2D eigenvalue weighted by Crippen LogP contribution is 2.46. The highest BCUT2D eigenvalue weighted by Gasteiger charge is 2.53. The second-order valence-electron chi connectivity index (χ2n) is 4.26. The molecule has 0 spiro atoms. The molecule has 1 nitrogen and oxygen atoms in total. The molecule has 0 bridgehead atoms. The molecular weight excluding hydrogens is 141 g/mol. The summed E-state index contributed by atoms with van der Waals surface area (Å²) in [6, 6.07) is 0. The molecule has 0 N–H and O–H groups in total. The average Bonchev–Trinajstić information content (AvgIpc) is 2.11. The number of nitrogens with zero attached hydrogens (tertiary/aromatic N) is 1.